The van der Waals surface area contributed by atoms with Gasteiger partial charge in [0.25, 0.3) is 0 Å². The summed E-state index contributed by atoms with van der Waals surface area (Å²) in [5.74, 6) is -0.959. The monoisotopic (exact) mass is 240 g/mol. The summed E-state index contributed by atoms with van der Waals surface area (Å²) in [6.07, 6.45) is 5.52. The Labute approximate surface area is 102 Å². The summed E-state index contributed by atoms with van der Waals surface area (Å²) < 4.78 is 9.45. The average Bonchev–Trinajstić information content (AvgIpc) is 2.36. The first-order chi connectivity index (χ1) is 7.97. The molecular formula is C13H20O4. The lowest BCUT2D eigenvalue weighted by atomic mass is 9.79. The van der Waals surface area contributed by atoms with Crippen molar-refractivity contribution < 1.29 is 19.1 Å². The smallest absolute Gasteiger partial charge is 0.334 e. The molecular weight excluding hydrogens is 220 g/mol. The summed E-state index contributed by atoms with van der Waals surface area (Å²) in [6.45, 7) is 5.32. The molecule has 0 rings (SSSR count). The van der Waals surface area contributed by atoms with Crippen LogP contribution >= 0.6 is 0 Å². The minimum atomic E-state index is -0.985. The normalized spacial score (nSPS) is 15.5. The molecule has 0 bridgehead atoms. The molecule has 96 valence electrons. The summed E-state index contributed by atoms with van der Waals surface area (Å²) in [6, 6.07) is 0. The molecule has 0 amide bonds. The second kappa shape index (κ2) is 6.89. The third kappa shape index (κ3) is 3.44. The minimum Gasteiger partial charge on any atom is -0.468 e. The van der Waals surface area contributed by atoms with Gasteiger partial charge in [-0.25, -0.2) is 4.79 Å². The molecule has 0 saturated heterocycles. The lowest BCUT2D eigenvalue weighted by Crippen LogP contribution is -2.34. The zero-order valence-electron chi connectivity index (χ0n) is 11.1. The number of carbonyl (C=O) groups is 2. The molecule has 0 aliphatic carbocycles. The van der Waals surface area contributed by atoms with E-state index < -0.39 is 17.4 Å². The Bertz CT molecular complexity index is 341. The van der Waals surface area contributed by atoms with E-state index in [1.165, 1.54) is 14.2 Å². The molecule has 0 aromatic carbocycles. The molecule has 0 fully saturated rings. The van der Waals surface area contributed by atoms with Crippen LogP contribution in [0.5, 0.6) is 0 Å². The largest absolute Gasteiger partial charge is 0.468 e. The predicted octanol–water partition coefficient (Wildman–Crippen LogP) is 2.25. The van der Waals surface area contributed by atoms with Crippen molar-refractivity contribution in [1.82, 2.24) is 0 Å². The van der Waals surface area contributed by atoms with Crippen molar-refractivity contribution in [3.63, 3.8) is 0 Å². The van der Waals surface area contributed by atoms with Crippen LogP contribution in [0.3, 0.4) is 0 Å². The highest BCUT2D eigenvalue weighted by atomic mass is 16.5. The molecule has 0 radical (unpaired) electrons. The quantitative estimate of drug-likeness (QED) is 0.420. The molecule has 0 aromatic rings. The molecule has 0 aromatic heterocycles. The van der Waals surface area contributed by atoms with Gasteiger partial charge < -0.3 is 9.47 Å². The van der Waals surface area contributed by atoms with Crippen molar-refractivity contribution in [2.45, 2.75) is 27.2 Å². The van der Waals surface area contributed by atoms with Crippen molar-refractivity contribution in [2.75, 3.05) is 14.2 Å². The van der Waals surface area contributed by atoms with Crippen molar-refractivity contribution >= 4 is 11.9 Å². The molecule has 1 unspecified atom stereocenters. The number of methoxy groups -OCH3 is 2. The lowest BCUT2D eigenvalue weighted by Gasteiger charge is -2.26. The van der Waals surface area contributed by atoms with Gasteiger partial charge in [-0.2, -0.15) is 0 Å². The summed E-state index contributed by atoms with van der Waals surface area (Å²) in [5.41, 5.74) is -0.686. The Kier molecular flexibility index (Phi) is 6.25. The highest BCUT2D eigenvalue weighted by Crippen LogP contribution is 2.33. The number of ether oxygens (including phenoxy) is 2. The van der Waals surface area contributed by atoms with Crippen molar-refractivity contribution in [3.8, 4) is 0 Å². The number of hydrogen-bond donors (Lipinski definition) is 0. The standard InChI is InChI=1S/C13H20O4/c1-6-8-9-10(11(14)16-4)13(3,7-2)12(15)17-5/h6,8-9H,7H2,1-5H3. The van der Waals surface area contributed by atoms with E-state index in [0.29, 0.717) is 12.0 Å². The number of allylic oxidation sites excluding steroid dienone is 3. The number of rotatable bonds is 5. The van der Waals surface area contributed by atoms with Crippen molar-refractivity contribution in [2.24, 2.45) is 5.41 Å². The Balaban J connectivity index is 5.55. The first kappa shape index (κ1) is 15.4. The molecule has 0 aliphatic rings. The van der Waals surface area contributed by atoms with Crippen molar-refractivity contribution in [3.05, 3.63) is 23.8 Å². The molecule has 1 atom stereocenters. The maximum Gasteiger partial charge on any atom is 0.334 e. The van der Waals surface area contributed by atoms with Gasteiger partial charge in [0, 0.05) is 0 Å². The lowest BCUT2D eigenvalue weighted by molar-refractivity contribution is -0.153. The van der Waals surface area contributed by atoms with E-state index in [9.17, 15) is 9.59 Å². The molecule has 0 N–H and O–H groups in total. The third-order valence-electron chi connectivity index (χ3n) is 2.80. The van der Waals surface area contributed by atoms with Crippen LogP contribution in [0.15, 0.2) is 23.8 Å². The van der Waals surface area contributed by atoms with Gasteiger partial charge in [-0.05, 0) is 20.3 Å². The summed E-state index contributed by atoms with van der Waals surface area (Å²) >= 11 is 0. The zero-order chi connectivity index (χ0) is 13.5. The van der Waals surface area contributed by atoms with E-state index >= 15 is 0 Å². The van der Waals surface area contributed by atoms with Crippen LogP contribution in [0.2, 0.25) is 0 Å². The van der Waals surface area contributed by atoms with E-state index in [1.54, 1.807) is 25.2 Å². The molecule has 4 heteroatoms. The van der Waals surface area contributed by atoms with E-state index in [4.69, 9.17) is 9.47 Å². The fraction of sp³-hybridized carbons (Fsp3) is 0.538. The zero-order valence-corrected chi connectivity index (χ0v) is 11.1. The second-order valence-corrected chi connectivity index (χ2v) is 3.77. The molecule has 0 aliphatic heterocycles. The van der Waals surface area contributed by atoms with Gasteiger partial charge in [-0.1, -0.05) is 25.2 Å². The van der Waals surface area contributed by atoms with Crippen LogP contribution < -0.4 is 0 Å². The first-order valence-electron chi connectivity index (χ1n) is 5.48. The van der Waals surface area contributed by atoms with E-state index in [2.05, 4.69) is 0 Å². The Morgan fingerprint density at radius 1 is 1.24 bits per heavy atom. The number of esters is 2. The van der Waals surface area contributed by atoms with Gasteiger partial charge in [0.15, 0.2) is 0 Å². The molecule has 0 spiro atoms. The van der Waals surface area contributed by atoms with Gasteiger partial charge in [0.2, 0.25) is 0 Å². The third-order valence-corrected chi connectivity index (χ3v) is 2.80. The Hall–Kier alpha value is -1.58. The molecule has 0 heterocycles. The van der Waals surface area contributed by atoms with Crippen LogP contribution in [-0.4, -0.2) is 26.2 Å². The highest BCUT2D eigenvalue weighted by molar-refractivity contribution is 5.98. The van der Waals surface area contributed by atoms with Crippen LogP contribution in [-0.2, 0) is 19.1 Å². The Morgan fingerprint density at radius 3 is 2.18 bits per heavy atom. The van der Waals surface area contributed by atoms with Gasteiger partial charge in [-0.15, -0.1) is 0 Å². The molecule has 17 heavy (non-hydrogen) atoms. The highest BCUT2D eigenvalue weighted by Gasteiger charge is 2.40. The maximum absolute atomic E-state index is 11.8. The first-order valence-corrected chi connectivity index (χ1v) is 5.48. The van der Waals surface area contributed by atoms with Crippen LogP contribution in [0.1, 0.15) is 27.2 Å². The fourth-order valence-corrected chi connectivity index (χ4v) is 1.45. The second-order valence-electron chi connectivity index (χ2n) is 3.77. The maximum atomic E-state index is 11.8. The van der Waals surface area contributed by atoms with Crippen LogP contribution in [0.25, 0.3) is 0 Å². The molecule has 4 nitrogen and oxygen atoms in total. The van der Waals surface area contributed by atoms with E-state index in [-0.39, 0.29) is 0 Å². The summed E-state index contributed by atoms with van der Waals surface area (Å²) in [4.78, 5) is 23.5. The SMILES string of the molecule is CC=CC=C(C(=O)OC)C(C)(CC)C(=O)OC. The van der Waals surface area contributed by atoms with Gasteiger partial charge >= 0.3 is 11.9 Å². The van der Waals surface area contributed by atoms with Crippen LogP contribution in [0, 0.1) is 5.41 Å². The topological polar surface area (TPSA) is 52.6 Å². The van der Waals surface area contributed by atoms with E-state index in [0.717, 1.165) is 0 Å². The van der Waals surface area contributed by atoms with Crippen LogP contribution in [0.4, 0.5) is 0 Å². The summed E-state index contributed by atoms with van der Waals surface area (Å²) in [5, 5.41) is 0. The van der Waals surface area contributed by atoms with Gasteiger partial charge in [-0.3, -0.25) is 4.79 Å². The summed E-state index contributed by atoms with van der Waals surface area (Å²) in [7, 11) is 2.60. The van der Waals surface area contributed by atoms with Gasteiger partial charge in [0.05, 0.1) is 25.2 Å². The average molecular weight is 240 g/mol. The minimum absolute atomic E-state index is 0.299. The number of hydrogen-bond acceptors (Lipinski definition) is 4. The van der Waals surface area contributed by atoms with Gasteiger partial charge in [0.1, 0.15) is 0 Å². The Morgan fingerprint density at radius 2 is 1.82 bits per heavy atom. The number of carbonyl (C=O) groups excluding carboxylic acids is 2. The molecule has 0 saturated carbocycles. The fourth-order valence-electron chi connectivity index (χ4n) is 1.45. The van der Waals surface area contributed by atoms with Crippen molar-refractivity contribution in [1.29, 1.82) is 0 Å². The van der Waals surface area contributed by atoms with E-state index in [1.807, 2.05) is 13.8 Å². The predicted molar refractivity (Wildman–Crippen MR) is 65.3 cm³/mol.